The van der Waals surface area contributed by atoms with Gasteiger partial charge in [0.15, 0.2) is 0 Å². The Morgan fingerprint density at radius 1 is 1.40 bits per heavy atom. The highest BCUT2D eigenvalue weighted by Crippen LogP contribution is 2.13. The second-order valence-electron chi connectivity index (χ2n) is 4.85. The third-order valence-corrected chi connectivity index (χ3v) is 3.31. The van der Waals surface area contributed by atoms with Gasteiger partial charge in [0.25, 0.3) is 0 Å². The lowest BCUT2D eigenvalue weighted by atomic mass is 10.0. The largest absolute Gasteiger partial charge is 0.381 e. The van der Waals surface area contributed by atoms with Gasteiger partial charge in [-0.25, -0.2) is 4.39 Å². The Labute approximate surface area is 116 Å². The lowest BCUT2D eigenvalue weighted by molar-refractivity contribution is -0.129. The Hall–Kier alpha value is -1.95. The van der Waals surface area contributed by atoms with Gasteiger partial charge in [-0.3, -0.25) is 9.59 Å². The molecule has 3 N–H and O–H groups in total. The number of carbonyl (C=O) groups excluding carboxylic acids is 2. The molecule has 2 atom stereocenters. The van der Waals surface area contributed by atoms with Crippen LogP contribution in [-0.2, 0) is 20.7 Å². The summed E-state index contributed by atoms with van der Waals surface area (Å²) in [6.45, 7) is 0.922. The fourth-order valence-corrected chi connectivity index (χ4v) is 2.11. The van der Waals surface area contributed by atoms with E-state index in [2.05, 4.69) is 5.32 Å². The monoisotopic (exact) mass is 280 g/mol. The van der Waals surface area contributed by atoms with Gasteiger partial charge in [-0.15, -0.1) is 0 Å². The van der Waals surface area contributed by atoms with Crippen LogP contribution in [0.25, 0.3) is 0 Å². The number of halogens is 1. The van der Waals surface area contributed by atoms with Crippen molar-refractivity contribution in [3.63, 3.8) is 0 Å². The molecule has 108 valence electrons. The average Bonchev–Trinajstić information content (AvgIpc) is 2.94. The zero-order valence-corrected chi connectivity index (χ0v) is 11.0. The van der Waals surface area contributed by atoms with Crippen LogP contribution in [0.3, 0.4) is 0 Å². The number of carbonyl (C=O) groups is 2. The molecule has 0 saturated carbocycles. The second-order valence-corrected chi connectivity index (χ2v) is 4.85. The molecule has 0 aromatic heterocycles. The molecule has 1 aromatic rings. The lowest BCUT2D eigenvalue weighted by Gasteiger charge is -2.17. The summed E-state index contributed by atoms with van der Waals surface area (Å²) >= 11 is 0. The molecule has 0 radical (unpaired) electrons. The molecule has 1 saturated heterocycles. The van der Waals surface area contributed by atoms with E-state index < -0.39 is 11.9 Å². The second kappa shape index (κ2) is 6.47. The first-order valence-electron chi connectivity index (χ1n) is 6.48. The van der Waals surface area contributed by atoms with E-state index in [-0.39, 0.29) is 24.1 Å². The van der Waals surface area contributed by atoms with Gasteiger partial charge in [-0.05, 0) is 24.1 Å². The molecule has 0 spiro atoms. The highest BCUT2D eigenvalue weighted by Gasteiger charge is 2.27. The molecule has 0 unspecified atom stereocenters. The van der Waals surface area contributed by atoms with E-state index in [1.165, 1.54) is 12.1 Å². The number of hydrogen-bond donors (Lipinski definition) is 2. The fourth-order valence-electron chi connectivity index (χ4n) is 2.11. The van der Waals surface area contributed by atoms with Gasteiger partial charge in [0, 0.05) is 13.0 Å². The van der Waals surface area contributed by atoms with Crippen molar-refractivity contribution in [3.8, 4) is 0 Å². The molecule has 2 amide bonds. The van der Waals surface area contributed by atoms with Crippen LogP contribution in [0.5, 0.6) is 0 Å². The molecule has 5 nitrogen and oxygen atoms in total. The maximum atomic E-state index is 12.8. The van der Waals surface area contributed by atoms with Gasteiger partial charge in [-0.2, -0.15) is 0 Å². The first kappa shape index (κ1) is 14.5. The number of nitrogens with two attached hydrogens (primary N) is 1. The van der Waals surface area contributed by atoms with Crippen LogP contribution in [0.4, 0.5) is 4.39 Å². The van der Waals surface area contributed by atoms with Crippen molar-refractivity contribution in [1.82, 2.24) is 5.32 Å². The number of primary amides is 1. The first-order chi connectivity index (χ1) is 9.56. The zero-order chi connectivity index (χ0) is 14.5. The van der Waals surface area contributed by atoms with E-state index >= 15 is 0 Å². The highest BCUT2D eigenvalue weighted by molar-refractivity contribution is 5.87. The molecule has 1 fully saturated rings. The lowest BCUT2D eigenvalue weighted by Crippen LogP contribution is -2.48. The number of nitrogens with one attached hydrogen (secondary N) is 1. The van der Waals surface area contributed by atoms with E-state index in [1.54, 1.807) is 12.1 Å². The van der Waals surface area contributed by atoms with Gasteiger partial charge in [-0.1, -0.05) is 12.1 Å². The summed E-state index contributed by atoms with van der Waals surface area (Å²) in [6, 6.07) is 4.94. The topological polar surface area (TPSA) is 81.4 Å². The molecule has 1 aliphatic heterocycles. The quantitative estimate of drug-likeness (QED) is 0.818. The molecule has 1 aliphatic rings. The summed E-state index contributed by atoms with van der Waals surface area (Å²) in [7, 11) is 0. The van der Waals surface area contributed by atoms with Crippen LogP contribution in [0.2, 0.25) is 0 Å². The molecule has 0 bridgehead atoms. The van der Waals surface area contributed by atoms with Crippen molar-refractivity contribution in [2.45, 2.75) is 18.9 Å². The predicted molar refractivity (Wildman–Crippen MR) is 70.2 cm³/mol. The van der Waals surface area contributed by atoms with Crippen molar-refractivity contribution >= 4 is 11.8 Å². The van der Waals surface area contributed by atoms with Gasteiger partial charge in [0.2, 0.25) is 11.8 Å². The average molecular weight is 280 g/mol. The minimum Gasteiger partial charge on any atom is -0.381 e. The van der Waals surface area contributed by atoms with Crippen LogP contribution in [0.15, 0.2) is 24.3 Å². The Morgan fingerprint density at radius 2 is 2.10 bits per heavy atom. The number of ether oxygens (including phenoxy) is 1. The number of benzene rings is 1. The van der Waals surface area contributed by atoms with Crippen LogP contribution in [0, 0.1) is 11.7 Å². The minimum absolute atomic E-state index is 0.228. The molecular weight excluding hydrogens is 263 g/mol. The molecule has 1 heterocycles. The van der Waals surface area contributed by atoms with Gasteiger partial charge >= 0.3 is 0 Å². The number of hydrogen-bond acceptors (Lipinski definition) is 3. The normalized spacial score (nSPS) is 19.6. The summed E-state index contributed by atoms with van der Waals surface area (Å²) in [4.78, 5) is 23.4. The van der Waals surface area contributed by atoms with Crippen LogP contribution in [0.1, 0.15) is 12.0 Å². The number of amides is 2. The Morgan fingerprint density at radius 3 is 2.65 bits per heavy atom. The molecule has 6 heteroatoms. The van der Waals surface area contributed by atoms with Crippen molar-refractivity contribution in [2.75, 3.05) is 13.2 Å². The van der Waals surface area contributed by atoms with Crippen LogP contribution >= 0.6 is 0 Å². The molecular formula is C14H17FN2O3. The third kappa shape index (κ3) is 3.77. The van der Waals surface area contributed by atoms with Crippen LogP contribution < -0.4 is 11.1 Å². The summed E-state index contributed by atoms with van der Waals surface area (Å²) in [5.74, 6) is -1.42. The smallest absolute Gasteiger partial charge is 0.240 e. The molecule has 1 aromatic carbocycles. The van der Waals surface area contributed by atoms with Crippen molar-refractivity contribution in [1.29, 1.82) is 0 Å². The van der Waals surface area contributed by atoms with Crippen molar-refractivity contribution in [2.24, 2.45) is 11.7 Å². The summed E-state index contributed by atoms with van der Waals surface area (Å²) in [5, 5.41) is 2.63. The standard InChI is InChI=1S/C14H17FN2O3/c15-11-3-1-9(2-4-11)7-12(13(16)18)17-14(19)10-5-6-20-8-10/h1-4,10,12H,5-8H2,(H2,16,18)(H,17,19)/t10-,12+/m1/s1. The zero-order valence-electron chi connectivity index (χ0n) is 11.0. The summed E-state index contributed by atoms with van der Waals surface area (Å²) < 4.78 is 18.0. The van der Waals surface area contributed by atoms with Crippen LogP contribution in [-0.4, -0.2) is 31.1 Å². The van der Waals surface area contributed by atoms with Gasteiger partial charge in [0.05, 0.1) is 12.5 Å². The first-order valence-corrected chi connectivity index (χ1v) is 6.48. The molecule has 20 heavy (non-hydrogen) atoms. The molecule has 2 rings (SSSR count). The van der Waals surface area contributed by atoms with E-state index in [9.17, 15) is 14.0 Å². The van der Waals surface area contributed by atoms with Gasteiger partial charge in [0.1, 0.15) is 11.9 Å². The Bertz CT molecular complexity index is 484. The fraction of sp³-hybridized carbons (Fsp3) is 0.429. The minimum atomic E-state index is -0.798. The number of rotatable bonds is 5. The van der Waals surface area contributed by atoms with Crippen molar-refractivity contribution in [3.05, 3.63) is 35.6 Å². The van der Waals surface area contributed by atoms with E-state index in [0.717, 1.165) is 5.56 Å². The van der Waals surface area contributed by atoms with Gasteiger partial charge < -0.3 is 15.8 Å². The van der Waals surface area contributed by atoms with E-state index in [4.69, 9.17) is 10.5 Å². The van der Waals surface area contributed by atoms with E-state index in [1.807, 2.05) is 0 Å². The van der Waals surface area contributed by atoms with E-state index in [0.29, 0.717) is 19.6 Å². The SMILES string of the molecule is NC(=O)[C@H](Cc1ccc(F)cc1)NC(=O)[C@@H]1CCOC1. The molecule has 0 aliphatic carbocycles. The summed E-state index contributed by atoms with van der Waals surface area (Å²) in [6.07, 6.45) is 0.892. The summed E-state index contributed by atoms with van der Waals surface area (Å²) in [5.41, 5.74) is 6.04. The Balaban J connectivity index is 1.98. The highest BCUT2D eigenvalue weighted by atomic mass is 19.1. The Kier molecular flexibility index (Phi) is 4.68. The van der Waals surface area contributed by atoms with Crippen molar-refractivity contribution < 1.29 is 18.7 Å². The third-order valence-electron chi connectivity index (χ3n) is 3.31. The predicted octanol–water partition coefficient (Wildman–Crippen LogP) is 0.375. The maximum absolute atomic E-state index is 12.8. The maximum Gasteiger partial charge on any atom is 0.240 e.